The van der Waals surface area contributed by atoms with Gasteiger partial charge in [-0.1, -0.05) is 6.07 Å². The molecule has 0 radical (unpaired) electrons. The largest absolute Gasteiger partial charge is 0.481 e. The minimum Gasteiger partial charge on any atom is -0.481 e. The van der Waals surface area contributed by atoms with E-state index in [1.807, 2.05) is 0 Å². The molecule has 1 aliphatic heterocycles. The second-order valence-corrected chi connectivity index (χ2v) is 5.70. The molecule has 0 unspecified atom stereocenters. The van der Waals surface area contributed by atoms with Crippen LogP contribution < -0.4 is 0 Å². The molecular formula is C11H7F3O4S. The molecule has 1 heterocycles. The topological polar surface area (TPSA) is 71.4 Å². The first-order valence-electron chi connectivity index (χ1n) is 5.01. The summed E-state index contributed by atoms with van der Waals surface area (Å²) < 4.78 is 61.9. The van der Waals surface area contributed by atoms with Crippen molar-refractivity contribution in [3.63, 3.8) is 0 Å². The molecule has 0 fully saturated rings. The summed E-state index contributed by atoms with van der Waals surface area (Å²) in [5.74, 6) is -1.40. The van der Waals surface area contributed by atoms with E-state index in [1.54, 1.807) is 0 Å². The van der Waals surface area contributed by atoms with Gasteiger partial charge in [0.2, 0.25) is 9.84 Å². The van der Waals surface area contributed by atoms with Crippen molar-refractivity contribution in [1.82, 2.24) is 0 Å². The average molecular weight is 292 g/mol. The summed E-state index contributed by atoms with van der Waals surface area (Å²) in [6.45, 7) is 0. The Morgan fingerprint density at radius 3 is 2.42 bits per heavy atom. The number of carbonyl (C=O) groups is 1. The van der Waals surface area contributed by atoms with E-state index in [4.69, 9.17) is 5.11 Å². The van der Waals surface area contributed by atoms with Crippen molar-refractivity contribution >= 4 is 21.4 Å². The quantitative estimate of drug-likeness (QED) is 0.908. The lowest BCUT2D eigenvalue weighted by molar-refractivity contribution is -0.138. The van der Waals surface area contributed by atoms with Gasteiger partial charge in [0.15, 0.2) is 0 Å². The monoisotopic (exact) mass is 292 g/mol. The summed E-state index contributed by atoms with van der Waals surface area (Å²) in [5.41, 5.74) is -2.05. The fourth-order valence-corrected chi connectivity index (χ4v) is 3.43. The third-order valence-corrected chi connectivity index (χ3v) is 4.15. The van der Waals surface area contributed by atoms with Gasteiger partial charge < -0.3 is 5.11 Å². The molecule has 1 aromatic carbocycles. The van der Waals surface area contributed by atoms with Crippen molar-refractivity contribution in [1.29, 1.82) is 0 Å². The Morgan fingerprint density at radius 1 is 1.26 bits per heavy atom. The summed E-state index contributed by atoms with van der Waals surface area (Å²) in [6, 6.07) is 2.75. The first kappa shape index (κ1) is 13.6. The van der Waals surface area contributed by atoms with Crippen LogP contribution in [0.5, 0.6) is 0 Å². The predicted molar refractivity (Wildman–Crippen MR) is 58.9 cm³/mol. The third-order valence-electron chi connectivity index (χ3n) is 2.60. The minimum atomic E-state index is -4.75. The van der Waals surface area contributed by atoms with E-state index < -0.39 is 44.4 Å². The minimum absolute atomic E-state index is 0.351. The zero-order valence-corrected chi connectivity index (χ0v) is 10.0. The lowest BCUT2D eigenvalue weighted by Crippen LogP contribution is -2.10. The summed E-state index contributed by atoms with van der Waals surface area (Å²) in [4.78, 5) is 10.1. The number of hydrogen-bond acceptors (Lipinski definition) is 3. The second-order valence-electron chi connectivity index (χ2n) is 3.94. The van der Waals surface area contributed by atoms with Gasteiger partial charge in [-0.25, -0.2) is 8.42 Å². The maximum absolute atomic E-state index is 12.8. The molecule has 1 aromatic rings. The van der Waals surface area contributed by atoms with Gasteiger partial charge in [0, 0.05) is 11.0 Å². The van der Waals surface area contributed by atoms with Crippen molar-refractivity contribution < 1.29 is 31.5 Å². The van der Waals surface area contributed by atoms with Crippen LogP contribution in [-0.4, -0.2) is 19.5 Å². The number of sulfone groups is 1. The van der Waals surface area contributed by atoms with Gasteiger partial charge in [0.1, 0.15) is 0 Å². The number of rotatable bonds is 2. The number of hydrogen-bond donors (Lipinski definition) is 1. The number of fused-ring (bicyclic) bond motifs is 1. The molecular weight excluding hydrogens is 285 g/mol. The number of carboxylic acids is 1. The molecule has 4 nitrogen and oxygen atoms in total. The highest BCUT2D eigenvalue weighted by Crippen LogP contribution is 2.43. The second kappa shape index (κ2) is 4.09. The fourth-order valence-electron chi connectivity index (χ4n) is 1.94. The summed E-state index contributed by atoms with van der Waals surface area (Å²) in [5, 5.41) is 9.23. The maximum atomic E-state index is 12.8. The molecule has 0 atom stereocenters. The molecule has 0 saturated heterocycles. The average Bonchev–Trinajstić information content (AvgIpc) is 2.48. The number of benzene rings is 1. The fraction of sp³-hybridized carbons (Fsp3) is 0.182. The van der Waals surface area contributed by atoms with Crippen molar-refractivity contribution in [2.24, 2.45) is 0 Å². The Hall–Kier alpha value is -1.83. The Morgan fingerprint density at radius 2 is 1.89 bits per heavy atom. The van der Waals surface area contributed by atoms with E-state index in [-0.39, 0.29) is 5.57 Å². The Kier molecular flexibility index (Phi) is 2.93. The lowest BCUT2D eigenvalue weighted by atomic mass is 9.98. The first-order valence-corrected chi connectivity index (χ1v) is 6.55. The highest BCUT2D eigenvalue weighted by atomic mass is 32.2. The van der Waals surface area contributed by atoms with Crippen LogP contribution in [0.1, 0.15) is 17.5 Å². The van der Waals surface area contributed by atoms with Crippen molar-refractivity contribution in [3.8, 4) is 0 Å². The Labute approximate surface area is 106 Å². The van der Waals surface area contributed by atoms with E-state index in [9.17, 15) is 26.4 Å². The van der Waals surface area contributed by atoms with Crippen LogP contribution in [-0.2, 0) is 20.8 Å². The van der Waals surface area contributed by atoms with Gasteiger partial charge >= 0.3 is 12.1 Å². The third kappa shape index (κ3) is 2.35. The molecule has 0 amide bonds. The zero-order chi connectivity index (χ0) is 14.4. The van der Waals surface area contributed by atoms with Crippen LogP contribution in [0.2, 0.25) is 0 Å². The Balaban J connectivity index is 2.74. The van der Waals surface area contributed by atoms with Crippen molar-refractivity contribution in [3.05, 3.63) is 34.7 Å². The SMILES string of the molecule is O=C(O)CC1=CS(=O)(=O)c2cccc(C(F)(F)F)c21. The smallest absolute Gasteiger partial charge is 0.417 e. The van der Waals surface area contributed by atoms with Crippen molar-refractivity contribution in [2.45, 2.75) is 17.5 Å². The van der Waals surface area contributed by atoms with Crippen LogP contribution in [0, 0.1) is 0 Å². The zero-order valence-electron chi connectivity index (χ0n) is 9.23. The molecule has 0 aliphatic carbocycles. The number of alkyl halides is 3. The van der Waals surface area contributed by atoms with Gasteiger partial charge in [-0.15, -0.1) is 0 Å². The molecule has 8 heteroatoms. The molecule has 1 aliphatic rings. The standard InChI is InChI=1S/C11H7F3O4S/c12-11(13,14)7-2-1-3-8-10(7)6(4-9(15)16)5-19(8,17)18/h1-3,5H,4H2,(H,15,16). The van der Waals surface area contributed by atoms with Crippen LogP contribution in [0.4, 0.5) is 13.2 Å². The van der Waals surface area contributed by atoms with E-state index in [1.165, 1.54) is 0 Å². The lowest BCUT2D eigenvalue weighted by Gasteiger charge is -2.13. The number of halogens is 3. The maximum Gasteiger partial charge on any atom is 0.417 e. The highest BCUT2D eigenvalue weighted by Gasteiger charge is 2.39. The predicted octanol–water partition coefficient (Wildman–Crippen LogP) is 2.31. The summed E-state index contributed by atoms with van der Waals surface area (Å²) in [7, 11) is -4.01. The van der Waals surface area contributed by atoms with Crippen LogP contribution >= 0.6 is 0 Å². The van der Waals surface area contributed by atoms with Gasteiger partial charge in [-0.3, -0.25) is 4.79 Å². The molecule has 2 rings (SSSR count). The van der Waals surface area contributed by atoms with Gasteiger partial charge in [0.05, 0.1) is 16.9 Å². The molecule has 0 saturated carbocycles. The van der Waals surface area contributed by atoms with Crippen LogP contribution in [0.15, 0.2) is 28.5 Å². The summed E-state index contributed by atoms with van der Waals surface area (Å²) in [6.07, 6.45) is -5.53. The first-order chi connectivity index (χ1) is 8.63. The van der Waals surface area contributed by atoms with Gasteiger partial charge in [-0.2, -0.15) is 13.2 Å². The summed E-state index contributed by atoms with van der Waals surface area (Å²) >= 11 is 0. The molecule has 0 aromatic heterocycles. The Bertz CT molecular complexity index is 686. The van der Waals surface area contributed by atoms with Crippen LogP contribution in [0.3, 0.4) is 0 Å². The van der Waals surface area contributed by atoms with Gasteiger partial charge in [0.25, 0.3) is 0 Å². The molecule has 0 spiro atoms. The highest BCUT2D eigenvalue weighted by molar-refractivity contribution is 7.95. The van der Waals surface area contributed by atoms with E-state index in [2.05, 4.69) is 0 Å². The van der Waals surface area contributed by atoms with E-state index >= 15 is 0 Å². The molecule has 1 N–H and O–H groups in total. The number of carboxylic acid groups (broad SMARTS) is 1. The molecule has 102 valence electrons. The number of aliphatic carboxylic acids is 1. The van der Waals surface area contributed by atoms with E-state index in [0.717, 1.165) is 18.2 Å². The van der Waals surface area contributed by atoms with E-state index in [0.29, 0.717) is 5.41 Å². The molecule has 0 bridgehead atoms. The van der Waals surface area contributed by atoms with Gasteiger partial charge in [-0.05, 0) is 17.7 Å². The van der Waals surface area contributed by atoms with Crippen LogP contribution in [0.25, 0.3) is 5.57 Å². The normalized spacial score (nSPS) is 16.9. The molecule has 19 heavy (non-hydrogen) atoms. The van der Waals surface area contributed by atoms with Crippen molar-refractivity contribution in [2.75, 3.05) is 0 Å².